The summed E-state index contributed by atoms with van der Waals surface area (Å²) >= 11 is 4.85. The molecule has 6 heteroatoms. The van der Waals surface area contributed by atoms with Gasteiger partial charge < -0.3 is 10.6 Å². The summed E-state index contributed by atoms with van der Waals surface area (Å²) < 4.78 is 1.01. The third-order valence-electron chi connectivity index (χ3n) is 2.67. The topological polar surface area (TPSA) is 58.2 Å². The summed E-state index contributed by atoms with van der Waals surface area (Å²) in [5.74, 6) is 0.151. The van der Waals surface area contributed by atoms with Gasteiger partial charge in [0.05, 0.1) is 5.75 Å². The summed E-state index contributed by atoms with van der Waals surface area (Å²) in [5, 5.41) is 5.50. The molecule has 0 heterocycles. The molecule has 0 spiro atoms. The highest BCUT2D eigenvalue weighted by Gasteiger charge is 2.04. The van der Waals surface area contributed by atoms with Crippen molar-refractivity contribution in [1.29, 1.82) is 0 Å². The van der Waals surface area contributed by atoms with Crippen molar-refractivity contribution < 1.29 is 9.59 Å². The molecule has 2 rings (SSSR count). The lowest BCUT2D eigenvalue weighted by Crippen LogP contribution is -2.14. The average Bonchev–Trinajstić information content (AvgIpc) is 2.48. The van der Waals surface area contributed by atoms with Gasteiger partial charge in [0.1, 0.15) is 0 Å². The third-order valence-corrected chi connectivity index (χ3v) is 4.21. The molecule has 0 aromatic heterocycles. The number of nitrogens with one attached hydrogen (secondary N) is 2. The number of amides is 2. The van der Waals surface area contributed by atoms with Crippen molar-refractivity contribution in [2.24, 2.45) is 0 Å². The first-order chi connectivity index (χ1) is 10.5. The quantitative estimate of drug-likeness (QED) is 0.768. The van der Waals surface area contributed by atoms with E-state index in [1.807, 2.05) is 24.3 Å². The van der Waals surface area contributed by atoms with E-state index in [9.17, 15) is 9.59 Å². The van der Waals surface area contributed by atoms with Crippen LogP contribution in [-0.2, 0) is 9.59 Å². The molecule has 2 N–H and O–H groups in total. The van der Waals surface area contributed by atoms with Crippen LogP contribution in [0.2, 0.25) is 0 Å². The summed E-state index contributed by atoms with van der Waals surface area (Å²) in [6.45, 7) is 1.45. The fourth-order valence-electron chi connectivity index (χ4n) is 1.72. The van der Waals surface area contributed by atoms with E-state index in [0.29, 0.717) is 17.1 Å². The van der Waals surface area contributed by atoms with Gasteiger partial charge in [0.2, 0.25) is 11.8 Å². The number of halogens is 1. The minimum absolute atomic E-state index is 0.0693. The van der Waals surface area contributed by atoms with Gasteiger partial charge in [-0.2, -0.15) is 0 Å². The summed E-state index contributed by atoms with van der Waals surface area (Å²) in [7, 11) is 0. The summed E-state index contributed by atoms with van der Waals surface area (Å²) in [6.07, 6.45) is 0. The molecule has 0 aliphatic rings. The standard InChI is InChI=1S/C16H15BrN2O2S/c1-11(20)18-13-4-6-14(7-5-13)19-16(21)10-22-15-8-2-12(17)3-9-15/h2-9H,10H2,1H3,(H,18,20)(H,19,21). The fraction of sp³-hybridized carbons (Fsp3) is 0.125. The van der Waals surface area contributed by atoms with E-state index in [-0.39, 0.29) is 11.8 Å². The van der Waals surface area contributed by atoms with Gasteiger partial charge in [-0.25, -0.2) is 0 Å². The van der Waals surface area contributed by atoms with Crippen LogP contribution in [0.1, 0.15) is 6.92 Å². The van der Waals surface area contributed by atoms with Gasteiger partial charge in [0.25, 0.3) is 0 Å². The zero-order valence-electron chi connectivity index (χ0n) is 11.9. The lowest BCUT2D eigenvalue weighted by molar-refractivity contribution is -0.114. The lowest BCUT2D eigenvalue weighted by atomic mass is 10.3. The number of hydrogen-bond acceptors (Lipinski definition) is 3. The van der Waals surface area contributed by atoms with Crippen molar-refractivity contribution in [1.82, 2.24) is 0 Å². The SMILES string of the molecule is CC(=O)Nc1ccc(NC(=O)CSc2ccc(Br)cc2)cc1. The minimum atomic E-state index is -0.123. The monoisotopic (exact) mass is 378 g/mol. The Morgan fingerprint density at radius 1 is 0.955 bits per heavy atom. The highest BCUT2D eigenvalue weighted by Crippen LogP contribution is 2.21. The highest BCUT2D eigenvalue weighted by molar-refractivity contribution is 9.10. The molecule has 0 bridgehead atoms. The summed E-state index contributed by atoms with van der Waals surface area (Å²) in [4.78, 5) is 23.9. The Balaban J connectivity index is 1.83. The number of anilines is 2. The van der Waals surface area contributed by atoms with Crippen LogP contribution in [0.5, 0.6) is 0 Å². The number of hydrogen-bond donors (Lipinski definition) is 2. The highest BCUT2D eigenvalue weighted by atomic mass is 79.9. The van der Waals surface area contributed by atoms with Crippen LogP contribution < -0.4 is 10.6 Å². The van der Waals surface area contributed by atoms with E-state index in [2.05, 4.69) is 26.6 Å². The molecule has 0 aliphatic heterocycles. The first-order valence-electron chi connectivity index (χ1n) is 6.59. The van der Waals surface area contributed by atoms with Crippen LogP contribution in [0.4, 0.5) is 11.4 Å². The van der Waals surface area contributed by atoms with Crippen molar-refractivity contribution >= 4 is 50.9 Å². The number of thioether (sulfide) groups is 1. The molecule has 0 saturated carbocycles. The Labute approximate surface area is 141 Å². The molecule has 0 unspecified atom stereocenters. The average molecular weight is 379 g/mol. The molecule has 2 aromatic rings. The van der Waals surface area contributed by atoms with Gasteiger partial charge in [0, 0.05) is 27.7 Å². The molecular weight excluding hydrogens is 364 g/mol. The molecule has 0 saturated heterocycles. The van der Waals surface area contributed by atoms with E-state index < -0.39 is 0 Å². The zero-order valence-corrected chi connectivity index (χ0v) is 14.3. The fourth-order valence-corrected chi connectivity index (χ4v) is 2.68. The van der Waals surface area contributed by atoms with Crippen molar-refractivity contribution in [2.45, 2.75) is 11.8 Å². The van der Waals surface area contributed by atoms with E-state index in [1.54, 1.807) is 24.3 Å². The molecular formula is C16H15BrN2O2S. The number of rotatable bonds is 5. The van der Waals surface area contributed by atoms with Crippen molar-refractivity contribution in [3.05, 3.63) is 53.0 Å². The largest absolute Gasteiger partial charge is 0.326 e. The lowest BCUT2D eigenvalue weighted by Gasteiger charge is -2.07. The second kappa shape index (κ2) is 8.00. The number of benzene rings is 2. The van der Waals surface area contributed by atoms with Crippen molar-refractivity contribution in [3.8, 4) is 0 Å². The Morgan fingerprint density at radius 2 is 1.50 bits per heavy atom. The van der Waals surface area contributed by atoms with E-state index in [0.717, 1.165) is 9.37 Å². The van der Waals surface area contributed by atoms with E-state index >= 15 is 0 Å². The number of carbonyl (C=O) groups is 2. The molecule has 0 aliphatic carbocycles. The van der Waals surface area contributed by atoms with Crippen LogP contribution in [0.15, 0.2) is 57.9 Å². The Hall–Kier alpha value is -1.79. The van der Waals surface area contributed by atoms with Gasteiger partial charge in [-0.3, -0.25) is 9.59 Å². The molecule has 0 atom stereocenters. The van der Waals surface area contributed by atoms with Gasteiger partial charge in [-0.05, 0) is 48.5 Å². The third kappa shape index (κ3) is 5.54. The van der Waals surface area contributed by atoms with Crippen LogP contribution in [0.25, 0.3) is 0 Å². The Kier molecular flexibility index (Phi) is 6.03. The molecule has 0 fully saturated rings. The smallest absolute Gasteiger partial charge is 0.234 e. The summed E-state index contributed by atoms with van der Waals surface area (Å²) in [6, 6.07) is 14.8. The first-order valence-corrected chi connectivity index (χ1v) is 8.36. The van der Waals surface area contributed by atoms with Gasteiger partial charge in [-0.15, -0.1) is 11.8 Å². The molecule has 4 nitrogen and oxygen atoms in total. The van der Waals surface area contributed by atoms with Gasteiger partial charge in [0.15, 0.2) is 0 Å². The van der Waals surface area contributed by atoms with Crippen LogP contribution in [-0.4, -0.2) is 17.6 Å². The predicted octanol–water partition coefficient (Wildman–Crippen LogP) is 4.14. The van der Waals surface area contributed by atoms with E-state index in [4.69, 9.17) is 0 Å². The van der Waals surface area contributed by atoms with Crippen LogP contribution in [0.3, 0.4) is 0 Å². The molecule has 0 radical (unpaired) electrons. The van der Waals surface area contributed by atoms with Crippen LogP contribution >= 0.6 is 27.7 Å². The molecule has 114 valence electrons. The van der Waals surface area contributed by atoms with Crippen LogP contribution in [0, 0.1) is 0 Å². The maximum atomic E-state index is 11.9. The maximum absolute atomic E-state index is 11.9. The summed E-state index contributed by atoms with van der Waals surface area (Å²) in [5.41, 5.74) is 1.41. The zero-order chi connectivity index (χ0) is 15.9. The number of carbonyl (C=O) groups excluding carboxylic acids is 2. The molecule has 2 amide bonds. The first kappa shape index (κ1) is 16.6. The Bertz CT molecular complexity index is 657. The molecule has 2 aromatic carbocycles. The predicted molar refractivity (Wildman–Crippen MR) is 94.2 cm³/mol. The van der Waals surface area contributed by atoms with Gasteiger partial charge in [-0.1, -0.05) is 15.9 Å². The van der Waals surface area contributed by atoms with Crippen molar-refractivity contribution in [3.63, 3.8) is 0 Å². The molecule has 22 heavy (non-hydrogen) atoms. The van der Waals surface area contributed by atoms with Crippen molar-refractivity contribution in [2.75, 3.05) is 16.4 Å². The van der Waals surface area contributed by atoms with E-state index in [1.165, 1.54) is 18.7 Å². The van der Waals surface area contributed by atoms with Gasteiger partial charge >= 0.3 is 0 Å². The second-order valence-electron chi connectivity index (χ2n) is 4.55. The Morgan fingerprint density at radius 3 is 2.05 bits per heavy atom. The normalized spacial score (nSPS) is 10.1. The second-order valence-corrected chi connectivity index (χ2v) is 6.51. The maximum Gasteiger partial charge on any atom is 0.234 e. The minimum Gasteiger partial charge on any atom is -0.326 e.